The van der Waals surface area contributed by atoms with Crippen molar-refractivity contribution in [2.45, 2.75) is 31.9 Å². The van der Waals surface area contributed by atoms with Crippen LogP contribution in [0.15, 0.2) is 18.2 Å². The van der Waals surface area contributed by atoms with Crippen molar-refractivity contribution in [3.05, 3.63) is 28.8 Å². The van der Waals surface area contributed by atoms with Crippen molar-refractivity contribution in [2.75, 3.05) is 25.1 Å². The summed E-state index contributed by atoms with van der Waals surface area (Å²) in [6.45, 7) is 4.60. The summed E-state index contributed by atoms with van der Waals surface area (Å²) in [6.07, 6.45) is 2.25. The van der Waals surface area contributed by atoms with Crippen molar-refractivity contribution in [3.8, 4) is 0 Å². The molecule has 1 heterocycles. The summed E-state index contributed by atoms with van der Waals surface area (Å²) in [6, 6.07) is 6.11. The first-order valence-electron chi connectivity index (χ1n) is 6.36. The van der Waals surface area contributed by atoms with Crippen molar-refractivity contribution >= 4 is 17.3 Å². The number of benzene rings is 1. The molecule has 0 radical (unpaired) electrons. The Hall–Kier alpha value is -0.770. The van der Waals surface area contributed by atoms with E-state index in [2.05, 4.69) is 17.9 Å². The van der Waals surface area contributed by atoms with Gasteiger partial charge in [0.15, 0.2) is 0 Å². The Morgan fingerprint density at radius 3 is 2.89 bits per heavy atom. The summed E-state index contributed by atoms with van der Waals surface area (Å²) in [4.78, 5) is 2.33. The van der Waals surface area contributed by atoms with E-state index in [1.165, 1.54) is 0 Å². The summed E-state index contributed by atoms with van der Waals surface area (Å²) in [5, 5.41) is 0.750. The van der Waals surface area contributed by atoms with Crippen LogP contribution in [-0.2, 0) is 11.3 Å². The molecule has 1 aliphatic heterocycles. The Kier molecular flexibility index (Phi) is 4.15. The maximum atomic E-state index is 6.22. The van der Waals surface area contributed by atoms with Gasteiger partial charge in [-0.05, 0) is 37.5 Å². The van der Waals surface area contributed by atoms with Crippen LogP contribution in [0, 0.1) is 0 Å². The normalized spacial score (nSPS) is 24.3. The molecular weight excluding hydrogens is 248 g/mol. The van der Waals surface area contributed by atoms with Crippen molar-refractivity contribution in [3.63, 3.8) is 0 Å². The minimum atomic E-state index is -0.0583. The van der Waals surface area contributed by atoms with E-state index in [4.69, 9.17) is 22.1 Å². The molecular formula is C14H21ClN2O. The highest BCUT2D eigenvalue weighted by atomic mass is 35.5. The summed E-state index contributed by atoms with van der Waals surface area (Å²) in [7, 11) is 1.79. The van der Waals surface area contributed by atoms with Crippen LogP contribution in [0.3, 0.4) is 0 Å². The number of nitrogens with zero attached hydrogens (tertiary/aromatic N) is 1. The van der Waals surface area contributed by atoms with E-state index in [-0.39, 0.29) is 5.60 Å². The molecule has 0 aromatic heterocycles. The maximum Gasteiger partial charge on any atom is 0.0825 e. The highest BCUT2D eigenvalue weighted by Gasteiger charge is 2.30. The number of methoxy groups -OCH3 is 1. The number of ether oxygens (including phenoxy) is 1. The van der Waals surface area contributed by atoms with Gasteiger partial charge in [-0.3, -0.25) is 0 Å². The van der Waals surface area contributed by atoms with Crippen LogP contribution in [0.25, 0.3) is 0 Å². The van der Waals surface area contributed by atoms with Gasteiger partial charge < -0.3 is 15.4 Å². The quantitative estimate of drug-likeness (QED) is 0.916. The Morgan fingerprint density at radius 2 is 2.28 bits per heavy atom. The second-order valence-corrected chi connectivity index (χ2v) is 5.57. The SMILES string of the molecule is COC1(C)CCCN(c2ccc(CN)c(Cl)c2)C1. The Labute approximate surface area is 114 Å². The molecule has 1 aliphatic rings. The second kappa shape index (κ2) is 5.47. The molecule has 4 heteroatoms. The van der Waals surface area contributed by atoms with Gasteiger partial charge in [-0.15, -0.1) is 0 Å². The fourth-order valence-corrected chi connectivity index (χ4v) is 2.74. The van der Waals surface area contributed by atoms with Crippen molar-refractivity contribution in [1.29, 1.82) is 0 Å². The minimum Gasteiger partial charge on any atom is -0.377 e. The summed E-state index contributed by atoms with van der Waals surface area (Å²) < 4.78 is 5.61. The zero-order chi connectivity index (χ0) is 13.2. The second-order valence-electron chi connectivity index (χ2n) is 5.16. The van der Waals surface area contributed by atoms with E-state index >= 15 is 0 Å². The smallest absolute Gasteiger partial charge is 0.0825 e. The monoisotopic (exact) mass is 268 g/mol. The van der Waals surface area contributed by atoms with Crippen molar-refractivity contribution in [1.82, 2.24) is 0 Å². The highest BCUT2D eigenvalue weighted by Crippen LogP contribution is 2.30. The third-order valence-corrected chi connectivity index (χ3v) is 4.13. The van der Waals surface area contributed by atoms with Gasteiger partial charge in [0.2, 0.25) is 0 Å². The van der Waals surface area contributed by atoms with Crippen LogP contribution in [0.1, 0.15) is 25.3 Å². The molecule has 1 saturated heterocycles. The molecule has 0 aliphatic carbocycles. The fourth-order valence-electron chi connectivity index (χ4n) is 2.49. The molecule has 0 amide bonds. The lowest BCUT2D eigenvalue weighted by molar-refractivity contribution is -0.00465. The van der Waals surface area contributed by atoms with Crippen LogP contribution in [0.4, 0.5) is 5.69 Å². The zero-order valence-corrected chi connectivity index (χ0v) is 11.8. The Balaban J connectivity index is 2.18. The summed E-state index contributed by atoms with van der Waals surface area (Å²) >= 11 is 6.22. The lowest BCUT2D eigenvalue weighted by Gasteiger charge is -2.40. The number of hydrogen-bond donors (Lipinski definition) is 1. The first-order chi connectivity index (χ1) is 8.58. The number of rotatable bonds is 3. The molecule has 1 aromatic rings. The largest absolute Gasteiger partial charge is 0.377 e. The van der Waals surface area contributed by atoms with Crippen LogP contribution in [-0.4, -0.2) is 25.8 Å². The molecule has 2 N–H and O–H groups in total. The third kappa shape index (κ3) is 2.79. The first kappa shape index (κ1) is 13.7. The molecule has 18 heavy (non-hydrogen) atoms. The molecule has 0 spiro atoms. The first-order valence-corrected chi connectivity index (χ1v) is 6.74. The molecule has 1 atom stereocenters. The predicted molar refractivity (Wildman–Crippen MR) is 76.2 cm³/mol. The highest BCUT2D eigenvalue weighted by molar-refractivity contribution is 6.31. The standard InChI is InChI=1S/C14H21ClN2O/c1-14(18-2)6-3-7-17(10-14)12-5-4-11(9-16)13(15)8-12/h4-5,8H,3,6-7,9-10,16H2,1-2H3. The predicted octanol–water partition coefficient (Wildman–Crippen LogP) is 2.80. The Bertz CT molecular complexity index is 424. The number of hydrogen-bond acceptors (Lipinski definition) is 3. The minimum absolute atomic E-state index is 0.0583. The van der Waals surface area contributed by atoms with Crippen LogP contribution in [0.2, 0.25) is 5.02 Å². The topological polar surface area (TPSA) is 38.5 Å². The van der Waals surface area contributed by atoms with Gasteiger partial charge in [0, 0.05) is 37.5 Å². The van der Waals surface area contributed by atoms with E-state index in [1.807, 2.05) is 12.1 Å². The van der Waals surface area contributed by atoms with Gasteiger partial charge in [-0.1, -0.05) is 17.7 Å². The summed E-state index contributed by atoms with van der Waals surface area (Å²) in [5.41, 5.74) is 7.71. The van der Waals surface area contributed by atoms with Crippen molar-refractivity contribution < 1.29 is 4.74 Å². The molecule has 1 unspecified atom stereocenters. The molecule has 0 saturated carbocycles. The van der Waals surface area contributed by atoms with Crippen LogP contribution in [0.5, 0.6) is 0 Å². The summed E-state index contributed by atoms with van der Waals surface area (Å²) in [5.74, 6) is 0. The van der Waals surface area contributed by atoms with E-state index < -0.39 is 0 Å². The van der Waals surface area contributed by atoms with Gasteiger partial charge in [-0.2, -0.15) is 0 Å². The van der Waals surface area contributed by atoms with Gasteiger partial charge in [0.25, 0.3) is 0 Å². The number of halogens is 1. The van der Waals surface area contributed by atoms with E-state index in [1.54, 1.807) is 7.11 Å². The lowest BCUT2D eigenvalue weighted by Crippen LogP contribution is -2.47. The van der Waals surface area contributed by atoms with E-state index in [9.17, 15) is 0 Å². The molecule has 0 bridgehead atoms. The zero-order valence-electron chi connectivity index (χ0n) is 11.1. The maximum absolute atomic E-state index is 6.22. The molecule has 1 aromatic carbocycles. The number of anilines is 1. The van der Waals surface area contributed by atoms with E-state index in [0.29, 0.717) is 6.54 Å². The van der Waals surface area contributed by atoms with Gasteiger partial charge in [-0.25, -0.2) is 0 Å². The fraction of sp³-hybridized carbons (Fsp3) is 0.571. The van der Waals surface area contributed by atoms with Gasteiger partial charge >= 0.3 is 0 Å². The molecule has 1 fully saturated rings. The number of nitrogens with two attached hydrogens (primary N) is 1. The molecule has 100 valence electrons. The molecule has 2 rings (SSSR count). The molecule has 3 nitrogen and oxygen atoms in total. The third-order valence-electron chi connectivity index (χ3n) is 3.77. The van der Waals surface area contributed by atoms with E-state index in [0.717, 1.165) is 42.2 Å². The lowest BCUT2D eigenvalue weighted by atomic mass is 9.94. The van der Waals surface area contributed by atoms with Crippen LogP contribution >= 0.6 is 11.6 Å². The van der Waals surface area contributed by atoms with Crippen LogP contribution < -0.4 is 10.6 Å². The van der Waals surface area contributed by atoms with Crippen molar-refractivity contribution in [2.24, 2.45) is 5.73 Å². The van der Waals surface area contributed by atoms with Gasteiger partial charge in [0.1, 0.15) is 0 Å². The van der Waals surface area contributed by atoms with Gasteiger partial charge in [0.05, 0.1) is 5.60 Å². The average molecular weight is 269 g/mol. The Morgan fingerprint density at radius 1 is 1.50 bits per heavy atom. The number of piperidine rings is 1. The average Bonchev–Trinajstić information content (AvgIpc) is 2.39.